The van der Waals surface area contributed by atoms with Crippen LogP contribution in [0.25, 0.3) is 0 Å². The Morgan fingerprint density at radius 2 is 1.75 bits per heavy atom. The molecule has 1 saturated heterocycles. The number of anilines is 2. The molecule has 1 unspecified atom stereocenters. The van der Waals surface area contributed by atoms with E-state index >= 15 is 0 Å². The molecule has 2 amide bonds. The Labute approximate surface area is 185 Å². The molecule has 0 spiro atoms. The maximum absolute atomic E-state index is 12.4. The maximum Gasteiger partial charge on any atom is 0.322 e. The van der Waals surface area contributed by atoms with E-state index in [-0.39, 0.29) is 53.6 Å². The van der Waals surface area contributed by atoms with Crippen LogP contribution < -0.4 is 10.2 Å². The zero-order valence-electron chi connectivity index (χ0n) is 17.2. The summed E-state index contributed by atoms with van der Waals surface area (Å²) >= 11 is 0. The molecule has 1 N–H and O–H groups in total. The lowest BCUT2D eigenvalue weighted by molar-refractivity contribution is -0.117. The van der Waals surface area contributed by atoms with Gasteiger partial charge in [0, 0.05) is 25.1 Å². The first-order chi connectivity index (χ1) is 15.4. The van der Waals surface area contributed by atoms with Crippen molar-refractivity contribution in [1.82, 2.24) is 10.2 Å². The molecule has 2 aromatic carbocycles. The minimum absolute atomic E-state index is 0.00647. The Hall–Kier alpha value is -3.53. The topological polar surface area (TPSA) is 122 Å². The highest BCUT2D eigenvalue weighted by molar-refractivity contribution is 7.91. The first-order valence-corrected chi connectivity index (χ1v) is 11.8. The molecule has 0 bridgehead atoms. The quantitative estimate of drug-likeness (QED) is 0.555. The molecule has 166 valence electrons. The van der Waals surface area contributed by atoms with Gasteiger partial charge in [-0.3, -0.25) is 14.9 Å². The summed E-state index contributed by atoms with van der Waals surface area (Å²) < 4.78 is 30.1. The van der Waals surface area contributed by atoms with Crippen LogP contribution in [0.2, 0.25) is 0 Å². The summed E-state index contributed by atoms with van der Waals surface area (Å²) in [6.07, 6.45) is 0.391. The molecule has 32 heavy (non-hydrogen) atoms. The highest BCUT2D eigenvalue weighted by Gasteiger charge is 2.35. The van der Waals surface area contributed by atoms with Crippen LogP contribution in [-0.2, 0) is 19.4 Å². The molecule has 0 saturated carbocycles. The van der Waals surface area contributed by atoms with Crippen molar-refractivity contribution in [2.45, 2.75) is 30.1 Å². The van der Waals surface area contributed by atoms with E-state index in [9.17, 15) is 18.0 Å². The standard InChI is InChI=1S/C22H22N4O5S/c27-19(12-7-13-32(29,30)18-10-5-2-6-11-18)23-22-25-24-21(31-22)16-14-20(28)26(15-16)17-8-3-1-4-9-17/h1-6,8-11,16H,7,12-15H2,(H,23,25,27). The van der Waals surface area contributed by atoms with Crippen molar-refractivity contribution in [3.63, 3.8) is 0 Å². The van der Waals surface area contributed by atoms with Crippen molar-refractivity contribution in [2.24, 2.45) is 0 Å². The molecular formula is C22H22N4O5S. The molecule has 0 aliphatic carbocycles. The molecule has 1 fully saturated rings. The number of nitrogens with one attached hydrogen (secondary N) is 1. The van der Waals surface area contributed by atoms with E-state index in [2.05, 4.69) is 15.5 Å². The molecule has 1 aliphatic rings. The second-order valence-corrected chi connectivity index (χ2v) is 9.58. The van der Waals surface area contributed by atoms with Gasteiger partial charge in [-0.05, 0) is 30.7 Å². The Kier molecular flexibility index (Phi) is 6.31. The zero-order valence-corrected chi connectivity index (χ0v) is 18.0. The van der Waals surface area contributed by atoms with Gasteiger partial charge in [-0.25, -0.2) is 8.42 Å². The Morgan fingerprint density at radius 1 is 1.06 bits per heavy atom. The van der Waals surface area contributed by atoms with Crippen molar-refractivity contribution >= 4 is 33.4 Å². The second kappa shape index (κ2) is 9.31. The van der Waals surface area contributed by atoms with Crippen LogP contribution >= 0.6 is 0 Å². The number of carbonyl (C=O) groups excluding carboxylic acids is 2. The average Bonchev–Trinajstić information content (AvgIpc) is 3.41. The Bertz CT molecular complexity index is 1200. The minimum atomic E-state index is -3.44. The summed E-state index contributed by atoms with van der Waals surface area (Å²) in [7, 11) is -3.44. The van der Waals surface area contributed by atoms with Crippen LogP contribution in [-0.4, -0.2) is 42.7 Å². The molecule has 1 atom stereocenters. The van der Waals surface area contributed by atoms with Crippen LogP contribution in [0, 0.1) is 0 Å². The number of hydrogen-bond donors (Lipinski definition) is 1. The fourth-order valence-corrected chi connectivity index (χ4v) is 4.86. The van der Waals surface area contributed by atoms with E-state index < -0.39 is 15.7 Å². The number of rotatable bonds is 8. The lowest BCUT2D eigenvalue weighted by atomic mass is 10.1. The average molecular weight is 455 g/mol. The van der Waals surface area contributed by atoms with Gasteiger partial charge >= 0.3 is 6.01 Å². The predicted molar refractivity (Wildman–Crippen MR) is 117 cm³/mol. The van der Waals surface area contributed by atoms with Gasteiger partial charge in [0.2, 0.25) is 17.7 Å². The third-order valence-corrected chi connectivity index (χ3v) is 6.96. The number of amides is 2. The summed E-state index contributed by atoms with van der Waals surface area (Å²) in [5.41, 5.74) is 0.804. The summed E-state index contributed by atoms with van der Waals surface area (Å²) in [4.78, 5) is 26.4. The predicted octanol–water partition coefficient (Wildman–Crippen LogP) is 2.78. The van der Waals surface area contributed by atoms with Gasteiger partial charge < -0.3 is 9.32 Å². The number of hydrogen-bond acceptors (Lipinski definition) is 7. The highest BCUT2D eigenvalue weighted by Crippen LogP contribution is 2.31. The van der Waals surface area contributed by atoms with Gasteiger partial charge in [0.15, 0.2) is 9.84 Å². The molecule has 9 nitrogen and oxygen atoms in total. The summed E-state index contributed by atoms with van der Waals surface area (Å²) in [6.45, 7) is 0.412. The molecule has 0 radical (unpaired) electrons. The summed E-state index contributed by atoms with van der Waals surface area (Å²) in [6, 6.07) is 17.4. The SMILES string of the molecule is O=C(CCCS(=O)(=O)c1ccccc1)Nc1nnc(C2CC(=O)N(c3ccccc3)C2)o1. The second-order valence-electron chi connectivity index (χ2n) is 7.47. The normalized spacial score (nSPS) is 16.3. The zero-order chi connectivity index (χ0) is 22.6. The largest absolute Gasteiger partial charge is 0.407 e. The lowest BCUT2D eigenvalue weighted by Gasteiger charge is -2.15. The van der Waals surface area contributed by atoms with Crippen molar-refractivity contribution in [3.05, 3.63) is 66.6 Å². The third kappa shape index (κ3) is 5.02. The number of nitrogens with zero attached hydrogens (tertiary/aromatic N) is 3. The molecule has 3 aromatic rings. The van der Waals surface area contributed by atoms with Crippen LogP contribution in [0.3, 0.4) is 0 Å². The minimum Gasteiger partial charge on any atom is -0.407 e. The molecular weight excluding hydrogens is 432 g/mol. The third-order valence-electron chi connectivity index (χ3n) is 5.15. The van der Waals surface area contributed by atoms with Crippen molar-refractivity contribution in [3.8, 4) is 0 Å². The molecule has 1 aromatic heterocycles. The molecule has 4 rings (SSSR count). The first kappa shape index (κ1) is 21.7. The van der Waals surface area contributed by atoms with E-state index in [1.807, 2.05) is 30.3 Å². The van der Waals surface area contributed by atoms with E-state index in [1.54, 1.807) is 23.1 Å². The van der Waals surface area contributed by atoms with Crippen molar-refractivity contribution < 1.29 is 22.4 Å². The Balaban J connectivity index is 1.29. The fraction of sp³-hybridized carbons (Fsp3) is 0.273. The number of para-hydroxylation sites is 1. The van der Waals surface area contributed by atoms with Crippen LogP contribution in [0.5, 0.6) is 0 Å². The molecule has 2 heterocycles. The van der Waals surface area contributed by atoms with Gasteiger partial charge in [-0.15, -0.1) is 5.10 Å². The monoisotopic (exact) mass is 454 g/mol. The summed E-state index contributed by atoms with van der Waals surface area (Å²) in [5, 5.41) is 10.3. The smallest absolute Gasteiger partial charge is 0.322 e. The van der Waals surface area contributed by atoms with Crippen LogP contribution in [0.15, 0.2) is 70.0 Å². The maximum atomic E-state index is 12.4. The summed E-state index contributed by atoms with van der Waals surface area (Å²) in [5.74, 6) is -0.587. The fourth-order valence-electron chi connectivity index (χ4n) is 3.53. The van der Waals surface area contributed by atoms with Crippen molar-refractivity contribution in [1.29, 1.82) is 0 Å². The molecule has 10 heteroatoms. The number of benzene rings is 2. The highest BCUT2D eigenvalue weighted by atomic mass is 32.2. The molecule has 1 aliphatic heterocycles. The van der Waals surface area contributed by atoms with Crippen LogP contribution in [0.1, 0.15) is 31.1 Å². The van der Waals surface area contributed by atoms with Gasteiger partial charge in [-0.1, -0.05) is 41.5 Å². The number of aromatic nitrogens is 2. The number of sulfone groups is 1. The van der Waals surface area contributed by atoms with E-state index in [0.29, 0.717) is 6.54 Å². The van der Waals surface area contributed by atoms with Crippen LogP contribution in [0.4, 0.5) is 11.7 Å². The van der Waals surface area contributed by atoms with Gasteiger partial charge in [-0.2, -0.15) is 0 Å². The van der Waals surface area contributed by atoms with E-state index in [0.717, 1.165) is 5.69 Å². The van der Waals surface area contributed by atoms with Crippen molar-refractivity contribution in [2.75, 3.05) is 22.5 Å². The van der Waals surface area contributed by atoms with Gasteiger partial charge in [0.25, 0.3) is 0 Å². The van der Waals surface area contributed by atoms with Gasteiger partial charge in [0.1, 0.15) is 0 Å². The van der Waals surface area contributed by atoms with Gasteiger partial charge in [0.05, 0.1) is 16.6 Å². The first-order valence-electron chi connectivity index (χ1n) is 10.2. The van der Waals surface area contributed by atoms with E-state index in [4.69, 9.17) is 4.42 Å². The van der Waals surface area contributed by atoms with E-state index in [1.165, 1.54) is 12.1 Å². The lowest BCUT2D eigenvalue weighted by Crippen LogP contribution is -2.24. The Morgan fingerprint density at radius 3 is 2.47 bits per heavy atom. The number of carbonyl (C=O) groups is 2.